The average molecular weight is 292 g/mol. The Kier molecular flexibility index (Phi) is 2.87. The summed E-state index contributed by atoms with van der Waals surface area (Å²) in [4.78, 5) is 4.72. The Labute approximate surface area is 128 Å². The molecule has 0 fully saturated rings. The highest BCUT2D eigenvalue weighted by Gasteiger charge is 2.37. The summed E-state index contributed by atoms with van der Waals surface area (Å²) in [5, 5.41) is 0. The molecular weight excluding hydrogens is 272 g/mol. The van der Waals surface area contributed by atoms with Crippen LogP contribution in [0.2, 0.25) is 0 Å². The summed E-state index contributed by atoms with van der Waals surface area (Å²) >= 11 is 0. The van der Waals surface area contributed by atoms with Crippen LogP contribution in [0.1, 0.15) is 24.0 Å². The molecule has 1 heteroatoms. The van der Waals surface area contributed by atoms with Gasteiger partial charge in [0.1, 0.15) is 0 Å². The number of fused-ring (bicyclic) bond motifs is 2. The third-order valence-electron chi connectivity index (χ3n) is 4.73. The zero-order chi connectivity index (χ0) is 14.4. The van der Waals surface area contributed by atoms with Crippen LogP contribution in [0.25, 0.3) is 5.57 Å². The maximum atomic E-state index is 2.48. The summed E-state index contributed by atoms with van der Waals surface area (Å²) in [6.07, 6.45) is 9.56. The van der Waals surface area contributed by atoms with Gasteiger partial charge in [0.15, 0.2) is 0 Å². The molecule has 1 aliphatic carbocycles. The van der Waals surface area contributed by atoms with E-state index in [0.717, 1.165) is 0 Å². The number of benzene rings is 2. The van der Waals surface area contributed by atoms with E-state index in [-0.39, 0.29) is 0 Å². The van der Waals surface area contributed by atoms with Crippen molar-refractivity contribution in [3.8, 4) is 0 Å². The molecule has 2 aliphatic rings. The van der Waals surface area contributed by atoms with E-state index in [1.165, 1.54) is 34.4 Å². The summed E-state index contributed by atoms with van der Waals surface area (Å²) in [6, 6.07) is 18.2. The second kappa shape index (κ2) is 4.64. The summed E-state index contributed by atoms with van der Waals surface area (Å²) in [5.41, 5.74) is 4.29. The van der Waals surface area contributed by atoms with E-state index < -0.39 is 10.0 Å². The van der Waals surface area contributed by atoms with Crippen LogP contribution in [0.5, 0.6) is 0 Å². The second-order valence-corrected chi connectivity index (χ2v) is 9.25. The zero-order valence-electron chi connectivity index (χ0n) is 12.6. The van der Waals surface area contributed by atoms with Crippen molar-refractivity contribution in [2.75, 3.05) is 6.26 Å². The van der Waals surface area contributed by atoms with Crippen molar-refractivity contribution in [2.45, 2.75) is 29.6 Å². The van der Waals surface area contributed by atoms with Gasteiger partial charge in [0, 0.05) is 4.90 Å². The number of rotatable bonds is 1. The van der Waals surface area contributed by atoms with Crippen molar-refractivity contribution < 1.29 is 0 Å². The van der Waals surface area contributed by atoms with Crippen molar-refractivity contribution in [1.29, 1.82) is 0 Å². The first-order valence-corrected chi connectivity index (χ1v) is 9.59. The predicted molar refractivity (Wildman–Crippen MR) is 93.0 cm³/mol. The van der Waals surface area contributed by atoms with Crippen LogP contribution in [0.4, 0.5) is 0 Å². The van der Waals surface area contributed by atoms with Gasteiger partial charge in [0.05, 0.1) is 0 Å². The van der Waals surface area contributed by atoms with Gasteiger partial charge in [-0.05, 0) is 65.2 Å². The second-order valence-electron chi connectivity index (χ2n) is 6.01. The standard InChI is InChI=1S/C20H20S/c1-15-11-13-16(14-12-15)21(2)19-9-5-3-7-17(19)18-8-4-6-10-20(18)21/h3-5,7-9,11-14H,6,10H2,1-2H3. The van der Waals surface area contributed by atoms with Crippen LogP contribution in [0.15, 0.2) is 75.4 Å². The van der Waals surface area contributed by atoms with Gasteiger partial charge < -0.3 is 0 Å². The fourth-order valence-corrected chi connectivity index (χ4v) is 7.16. The minimum atomic E-state index is -1.03. The Balaban J connectivity index is 2.00. The molecule has 2 aromatic carbocycles. The lowest BCUT2D eigenvalue weighted by atomic mass is 10.00. The van der Waals surface area contributed by atoms with E-state index in [9.17, 15) is 0 Å². The Bertz CT molecular complexity index is 765. The predicted octanol–water partition coefficient (Wildman–Crippen LogP) is 5.92. The minimum Gasteiger partial charge on any atom is -0.166 e. The van der Waals surface area contributed by atoms with Gasteiger partial charge in [-0.1, -0.05) is 48.0 Å². The molecule has 0 radical (unpaired) electrons. The molecule has 0 N–H and O–H groups in total. The van der Waals surface area contributed by atoms with E-state index in [1.54, 1.807) is 9.80 Å². The van der Waals surface area contributed by atoms with Gasteiger partial charge in [0.2, 0.25) is 0 Å². The molecule has 2 aromatic rings. The first-order valence-electron chi connectivity index (χ1n) is 7.55. The summed E-state index contributed by atoms with van der Waals surface area (Å²) in [5.74, 6) is 0. The highest BCUT2D eigenvalue weighted by molar-refractivity contribution is 8.36. The van der Waals surface area contributed by atoms with Crippen molar-refractivity contribution >= 4 is 15.6 Å². The Hall–Kier alpha value is -1.73. The minimum absolute atomic E-state index is 1.03. The maximum Gasteiger partial charge on any atom is 0.00554 e. The lowest BCUT2D eigenvalue weighted by Gasteiger charge is -2.37. The first-order chi connectivity index (χ1) is 10.2. The topological polar surface area (TPSA) is 0 Å². The van der Waals surface area contributed by atoms with Crippen molar-refractivity contribution in [3.05, 3.63) is 76.7 Å². The van der Waals surface area contributed by atoms with E-state index in [1.807, 2.05) is 0 Å². The third-order valence-corrected chi connectivity index (χ3v) is 8.59. The molecule has 0 amide bonds. The molecule has 0 saturated carbocycles. The monoisotopic (exact) mass is 292 g/mol. The quantitative estimate of drug-likeness (QED) is 0.612. The fraction of sp³-hybridized carbons (Fsp3) is 0.200. The van der Waals surface area contributed by atoms with Crippen LogP contribution in [0.3, 0.4) is 0 Å². The van der Waals surface area contributed by atoms with Crippen molar-refractivity contribution in [1.82, 2.24) is 0 Å². The summed E-state index contributed by atoms with van der Waals surface area (Å²) in [7, 11) is -1.03. The molecule has 4 rings (SSSR count). The molecule has 0 spiro atoms. The van der Waals surface area contributed by atoms with Gasteiger partial charge in [-0.15, -0.1) is 0 Å². The molecule has 1 atom stereocenters. The molecule has 0 saturated heterocycles. The maximum absolute atomic E-state index is 2.48. The fourth-order valence-electron chi connectivity index (χ4n) is 3.56. The van der Waals surface area contributed by atoms with Gasteiger partial charge in [0.25, 0.3) is 0 Å². The lowest BCUT2D eigenvalue weighted by molar-refractivity contribution is 1.02. The third kappa shape index (κ3) is 1.77. The lowest BCUT2D eigenvalue weighted by Crippen LogP contribution is -2.01. The zero-order valence-corrected chi connectivity index (χ0v) is 13.4. The number of allylic oxidation sites excluding steroid dienone is 4. The van der Waals surface area contributed by atoms with Gasteiger partial charge in [-0.3, -0.25) is 0 Å². The molecule has 21 heavy (non-hydrogen) atoms. The van der Waals surface area contributed by atoms with Gasteiger partial charge >= 0.3 is 0 Å². The van der Waals surface area contributed by atoms with E-state index in [2.05, 4.69) is 73.9 Å². The normalized spacial score (nSPS) is 26.2. The van der Waals surface area contributed by atoms with Crippen molar-refractivity contribution in [2.24, 2.45) is 0 Å². The Morgan fingerprint density at radius 1 is 0.952 bits per heavy atom. The van der Waals surface area contributed by atoms with E-state index in [0.29, 0.717) is 0 Å². The Morgan fingerprint density at radius 3 is 2.52 bits per heavy atom. The largest absolute Gasteiger partial charge is 0.166 e. The molecule has 1 aliphatic heterocycles. The SMILES string of the molecule is Cc1ccc(S2(C)C3=C(C=CCC3)c3ccccc32)cc1. The van der Waals surface area contributed by atoms with Crippen LogP contribution in [-0.4, -0.2) is 6.26 Å². The summed E-state index contributed by atoms with van der Waals surface area (Å²) in [6.45, 7) is 2.16. The highest BCUT2D eigenvalue weighted by Crippen LogP contribution is 2.73. The highest BCUT2D eigenvalue weighted by atomic mass is 32.3. The molecular formula is C20H20S. The first kappa shape index (κ1) is 13.0. The molecule has 1 unspecified atom stereocenters. The van der Waals surface area contributed by atoms with Crippen molar-refractivity contribution in [3.63, 3.8) is 0 Å². The van der Waals surface area contributed by atoms with Crippen LogP contribution >= 0.6 is 10.0 Å². The van der Waals surface area contributed by atoms with Gasteiger partial charge in [-0.2, -0.15) is 10.0 Å². The van der Waals surface area contributed by atoms with Gasteiger partial charge in [-0.25, -0.2) is 0 Å². The number of hydrogen-bond donors (Lipinski definition) is 0. The van der Waals surface area contributed by atoms with E-state index >= 15 is 0 Å². The summed E-state index contributed by atoms with van der Waals surface area (Å²) < 4.78 is 0. The number of hydrogen-bond acceptors (Lipinski definition) is 0. The molecule has 1 heterocycles. The Morgan fingerprint density at radius 2 is 1.71 bits per heavy atom. The molecule has 0 nitrogen and oxygen atoms in total. The molecule has 0 bridgehead atoms. The average Bonchev–Trinajstić information content (AvgIpc) is 2.80. The smallest absolute Gasteiger partial charge is 0.00554 e. The van der Waals surface area contributed by atoms with E-state index in [4.69, 9.17) is 0 Å². The number of aryl methyl sites for hydroxylation is 1. The van der Waals surface area contributed by atoms with Crippen LogP contribution < -0.4 is 0 Å². The molecule has 0 aromatic heterocycles. The van der Waals surface area contributed by atoms with Crippen LogP contribution in [0, 0.1) is 6.92 Å². The molecule has 106 valence electrons. The van der Waals surface area contributed by atoms with Crippen LogP contribution in [-0.2, 0) is 0 Å².